The van der Waals surface area contributed by atoms with Gasteiger partial charge in [0.2, 0.25) is 0 Å². The van der Waals surface area contributed by atoms with E-state index in [1.165, 1.54) is 23.5 Å². The fourth-order valence-electron chi connectivity index (χ4n) is 3.12. The molecule has 1 N–H and O–H groups in total. The third-order valence-corrected chi connectivity index (χ3v) is 5.39. The maximum absolute atomic E-state index is 5.94. The van der Waals surface area contributed by atoms with Crippen molar-refractivity contribution in [3.8, 4) is 0 Å². The van der Waals surface area contributed by atoms with Gasteiger partial charge in [-0.05, 0) is 39.0 Å². The van der Waals surface area contributed by atoms with Gasteiger partial charge < -0.3 is 10.1 Å². The molecule has 0 radical (unpaired) electrons. The van der Waals surface area contributed by atoms with Crippen molar-refractivity contribution < 1.29 is 4.74 Å². The summed E-state index contributed by atoms with van der Waals surface area (Å²) in [5.41, 5.74) is 1.19. The van der Waals surface area contributed by atoms with Crippen LogP contribution in [0.25, 0.3) is 0 Å². The van der Waals surface area contributed by atoms with Gasteiger partial charge in [0.15, 0.2) is 0 Å². The average Bonchev–Trinajstić information content (AvgIpc) is 3.00. The fourth-order valence-corrected chi connectivity index (χ4v) is 4.30. The first-order chi connectivity index (χ1) is 9.40. The SMILES string of the molecule is CC(C)c1csc(C2(NC3CC3)CCOC(C)(C)C2)n1. The predicted molar refractivity (Wildman–Crippen MR) is 83.3 cm³/mol. The molecule has 1 unspecified atom stereocenters. The van der Waals surface area contributed by atoms with E-state index in [1.54, 1.807) is 0 Å². The highest BCUT2D eigenvalue weighted by Gasteiger charge is 2.46. The van der Waals surface area contributed by atoms with E-state index in [9.17, 15) is 0 Å². The minimum Gasteiger partial charge on any atom is -0.375 e. The topological polar surface area (TPSA) is 34.1 Å². The second kappa shape index (κ2) is 5.08. The third-order valence-electron chi connectivity index (χ3n) is 4.33. The zero-order chi connectivity index (χ0) is 14.4. The lowest BCUT2D eigenvalue weighted by Gasteiger charge is -2.44. The molecule has 3 nitrogen and oxygen atoms in total. The van der Waals surface area contributed by atoms with Crippen LogP contribution in [0.2, 0.25) is 0 Å². The highest BCUT2D eigenvalue weighted by molar-refractivity contribution is 7.09. The van der Waals surface area contributed by atoms with E-state index in [1.807, 2.05) is 11.3 Å². The van der Waals surface area contributed by atoms with Crippen LogP contribution in [0.3, 0.4) is 0 Å². The molecule has 2 heterocycles. The average molecular weight is 294 g/mol. The van der Waals surface area contributed by atoms with Gasteiger partial charge in [0.25, 0.3) is 0 Å². The standard InChI is InChI=1S/C16H26N2OS/c1-11(2)13-9-20-14(17-13)16(18-12-5-6-12)7-8-19-15(3,4)10-16/h9,11-12,18H,5-8,10H2,1-4H3. The second-order valence-corrected chi connectivity index (χ2v) is 8.13. The molecular formula is C16H26N2OS. The Morgan fingerprint density at radius 3 is 2.70 bits per heavy atom. The van der Waals surface area contributed by atoms with Crippen LogP contribution in [-0.4, -0.2) is 23.2 Å². The first-order valence-electron chi connectivity index (χ1n) is 7.78. The lowest BCUT2D eigenvalue weighted by Crippen LogP contribution is -2.53. The van der Waals surface area contributed by atoms with Crippen molar-refractivity contribution in [2.24, 2.45) is 0 Å². The molecule has 2 aliphatic rings. The third kappa shape index (κ3) is 2.92. The molecule has 1 saturated carbocycles. The van der Waals surface area contributed by atoms with Gasteiger partial charge in [-0.2, -0.15) is 0 Å². The van der Waals surface area contributed by atoms with E-state index >= 15 is 0 Å². The summed E-state index contributed by atoms with van der Waals surface area (Å²) in [5.74, 6) is 0.505. The Balaban J connectivity index is 1.91. The smallest absolute Gasteiger partial charge is 0.113 e. The molecule has 1 aliphatic carbocycles. The van der Waals surface area contributed by atoms with Crippen LogP contribution in [0.15, 0.2) is 5.38 Å². The van der Waals surface area contributed by atoms with Gasteiger partial charge in [0.05, 0.1) is 16.8 Å². The zero-order valence-corrected chi connectivity index (χ0v) is 13.8. The van der Waals surface area contributed by atoms with Crippen LogP contribution >= 0.6 is 11.3 Å². The number of thiazole rings is 1. The van der Waals surface area contributed by atoms with Crippen LogP contribution in [0.4, 0.5) is 0 Å². The summed E-state index contributed by atoms with van der Waals surface area (Å²) >= 11 is 1.82. The summed E-state index contributed by atoms with van der Waals surface area (Å²) in [4.78, 5) is 4.95. The summed E-state index contributed by atoms with van der Waals surface area (Å²) in [6.45, 7) is 9.66. The normalized spacial score (nSPS) is 29.9. The predicted octanol–water partition coefficient (Wildman–Crippen LogP) is 3.80. The maximum atomic E-state index is 5.94. The lowest BCUT2D eigenvalue weighted by atomic mass is 9.81. The van der Waals surface area contributed by atoms with Crippen molar-refractivity contribution in [2.45, 2.75) is 76.5 Å². The number of nitrogens with zero attached hydrogens (tertiary/aromatic N) is 1. The second-order valence-electron chi connectivity index (χ2n) is 7.27. The highest BCUT2D eigenvalue weighted by Crippen LogP contribution is 2.43. The molecule has 1 aromatic heterocycles. The van der Waals surface area contributed by atoms with Crippen molar-refractivity contribution in [2.75, 3.05) is 6.61 Å². The number of aromatic nitrogens is 1. The maximum Gasteiger partial charge on any atom is 0.113 e. The van der Waals surface area contributed by atoms with Crippen molar-refractivity contribution in [3.05, 3.63) is 16.1 Å². The molecule has 1 aliphatic heterocycles. The fraction of sp³-hybridized carbons (Fsp3) is 0.812. The molecule has 1 atom stereocenters. The summed E-state index contributed by atoms with van der Waals surface area (Å²) in [5, 5.41) is 7.40. The Morgan fingerprint density at radius 2 is 2.15 bits per heavy atom. The van der Waals surface area contributed by atoms with Crippen LogP contribution < -0.4 is 5.32 Å². The quantitative estimate of drug-likeness (QED) is 0.917. The van der Waals surface area contributed by atoms with Gasteiger partial charge in [0, 0.05) is 24.4 Å². The summed E-state index contributed by atoms with van der Waals surface area (Å²) in [6, 6.07) is 0.690. The molecule has 0 aromatic carbocycles. The Bertz CT molecular complexity index is 479. The largest absolute Gasteiger partial charge is 0.375 e. The van der Waals surface area contributed by atoms with Crippen molar-refractivity contribution in [3.63, 3.8) is 0 Å². The molecule has 2 fully saturated rings. The van der Waals surface area contributed by atoms with Gasteiger partial charge in [-0.25, -0.2) is 4.98 Å². The summed E-state index contributed by atoms with van der Waals surface area (Å²) < 4.78 is 5.94. The Hall–Kier alpha value is -0.450. The number of nitrogens with one attached hydrogen (secondary N) is 1. The van der Waals surface area contributed by atoms with E-state index in [2.05, 4.69) is 38.4 Å². The minimum atomic E-state index is -0.0657. The number of hydrogen-bond donors (Lipinski definition) is 1. The van der Waals surface area contributed by atoms with Crippen molar-refractivity contribution in [1.29, 1.82) is 0 Å². The summed E-state index contributed by atoms with van der Waals surface area (Å²) in [6.07, 6.45) is 4.68. The van der Waals surface area contributed by atoms with Gasteiger partial charge in [-0.15, -0.1) is 11.3 Å². The Labute approximate surface area is 126 Å². The lowest BCUT2D eigenvalue weighted by molar-refractivity contribution is -0.0903. The van der Waals surface area contributed by atoms with Gasteiger partial charge in [-0.3, -0.25) is 0 Å². The minimum absolute atomic E-state index is 0.0285. The van der Waals surface area contributed by atoms with Crippen LogP contribution in [0, 0.1) is 0 Å². The molecule has 0 amide bonds. The Kier molecular flexibility index (Phi) is 3.68. The number of hydrogen-bond acceptors (Lipinski definition) is 4. The van der Waals surface area contributed by atoms with Crippen molar-refractivity contribution >= 4 is 11.3 Å². The molecular weight excluding hydrogens is 268 g/mol. The van der Waals surface area contributed by atoms with Crippen molar-refractivity contribution in [1.82, 2.24) is 10.3 Å². The molecule has 0 spiro atoms. The molecule has 1 aromatic rings. The van der Waals surface area contributed by atoms with Crippen LogP contribution in [-0.2, 0) is 10.3 Å². The molecule has 4 heteroatoms. The van der Waals surface area contributed by atoms with Gasteiger partial charge in [0.1, 0.15) is 5.01 Å². The highest BCUT2D eigenvalue weighted by atomic mass is 32.1. The van der Waals surface area contributed by atoms with E-state index < -0.39 is 0 Å². The zero-order valence-electron chi connectivity index (χ0n) is 13.0. The van der Waals surface area contributed by atoms with Crippen LogP contribution in [0.5, 0.6) is 0 Å². The molecule has 0 bridgehead atoms. The van der Waals surface area contributed by atoms with E-state index in [4.69, 9.17) is 9.72 Å². The monoisotopic (exact) mass is 294 g/mol. The van der Waals surface area contributed by atoms with E-state index in [0.717, 1.165) is 19.4 Å². The van der Waals surface area contributed by atoms with Crippen LogP contribution in [0.1, 0.15) is 70.0 Å². The van der Waals surface area contributed by atoms with E-state index in [0.29, 0.717) is 12.0 Å². The number of rotatable bonds is 4. The summed E-state index contributed by atoms with van der Waals surface area (Å²) in [7, 11) is 0. The van der Waals surface area contributed by atoms with Gasteiger partial charge >= 0.3 is 0 Å². The molecule has 1 saturated heterocycles. The molecule has 20 heavy (non-hydrogen) atoms. The first kappa shape index (κ1) is 14.5. The first-order valence-corrected chi connectivity index (χ1v) is 8.66. The molecule has 3 rings (SSSR count). The van der Waals surface area contributed by atoms with Gasteiger partial charge in [-0.1, -0.05) is 13.8 Å². The number of ether oxygens (including phenoxy) is 1. The molecule has 112 valence electrons. The Morgan fingerprint density at radius 1 is 1.40 bits per heavy atom. The van der Waals surface area contributed by atoms with E-state index in [-0.39, 0.29) is 11.1 Å².